The highest BCUT2D eigenvalue weighted by Gasteiger charge is 2.48. The molecule has 3 nitrogen and oxygen atoms in total. The lowest BCUT2D eigenvalue weighted by Gasteiger charge is -2.42. The second kappa shape index (κ2) is 6.63. The van der Waals surface area contributed by atoms with E-state index in [9.17, 15) is 13.6 Å². The molecule has 0 N–H and O–H groups in total. The maximum atomic E-state index is 13.3. The first-order valence-corrected chi connectivity index (χ1v) is 9.45. The normalized spacial score (nSPS) is 24.0. The van der Waals surface area contributed by atoms with Gasteiger partial charge in [0.05, 0.1) is 0 Å². The Morgan fingerprint density at radius 1 is 1.00 bits per heavy atom. The molecule has 2 atom stereocenters. The van der Waals surface area contributed by atoms with Crippen molar-refractivity contribution in [1.82, 2.24) is 4.90 Å². The number of nitrogens with zero attached hydrogens (tertiary/aromatic N) is 2. The van der Waals surface area contributed by atoms with Crippen LogP contribution in [0.5, 0.6) is 0 Å². The molecule has 2 aromatic carbocycles. The highest BCUT2D eigenvalue weighted by atomic mass is 19.1. The number of halogens is 2. The Kier molecular flexibility index (Phi) is 4.41. The first-order chi connectivity index (χ1) is 12.8. The van der Waals surface area contributed by atoms with Crippen LogP contribution in [0.1, 0.15) is 37.0 Å². The number of anilines is 1. The molecule has 2 aliphatic heterocycles. The van der Waals surface area contributed by atoms with Crippen LogP contribution in [0.2, 0.25) is 0 Å². The average molecular weight is 370 g/mol. The number of hydrogen-bond acceptors (Lipinski definition) is 2. The predicted octanol–water partition coefficient (Wildman–Crippen LogP) is 4.48. The van der Waals surface area contributed by atoms with Crippen LogP contribution in [0.3, 0.4) is 0 Å². The van der Waals surface area contributed by atoms with E-state index >= 15 is 0 Å². The van der Waals surface area contributed by atoms with Gasteiger partial charge < -0.3 is 9.80 Å². The smallest absolute Gasteiger partial charge is 0.253 e. The maximum absolute atomic E-state index is 13.3. The van der Waals surface area contributed by atoms with Crippen LogP contribution >= 0.6 is 0 Å². The fourth-order valence-electron chi connectivity index (χ4n) is 4.85. The van der Waals surface area contributed by atoms with Crippen molar-refractivity contribution < 1.29 is 13.6 Å². The fourth-order valence-corrected chi connectivity index (χ4v) is 4.85. The Labute approximate surface area is 158 Å². The van der Waals surface area contributed by atoms with Crippen molar-refractivity contribution in [3.63, 3.8) is 0 Å². The second-order valence-electron chi connectivity index (χ2n) is 8.24. The molecule has 2 aliphatic rings. The van der Waals surface area contributed by atoms with Crippen molar-refractivity contribution in [1.29, 1.82) is 0 Å². The summed E-state index contributed by atoms with van der Waals surface area (Å²) < 4.78 is 26.5. The molecule has 142 valence electrons. The zero-order valence-electron chi connectivity index (χ0n) is 15.7. The summed E-state index contributed by atoms with van der Waals surface area (Å²) in [5, 5.41) is 0. The Morgan fingerprint density at radius 3 is 2.22 bits per heavy atom. The number of carbonyl (C=O) groups excluding carboxylic acids is 1. The standard InChI is InChI=1S/C22H24F2N2O/c1-22(2)13-16-14-25(21(27)15-3-5-17(23)6-4-15)12-11-20(16)26(22)19-9-7-18(24)8-10-19/h3-10,16,20H,11-14H2,1-2H3/t16-,20+/m1/s1. The summed E-state index contributed by atoms with van der Waals surface area (Å²) in [4.78, 5) is 17.1. The third-order valence-corrected chi connectivity index (χ3v) is 5.92. The molecule has 1 amide bonds. The van der Waals surface area contributed by atoms with Crippen molar-refractivity contribution in [2.24, 2.45) is 5.92 Å². The van der Waals surface area contributed by atoms with E-state index in [1.807, 2.05) is 17.0 Å². The van der Waals surface area contributed by atoms with Crippen LogP contribution in [-0.2, 0) is 0 Å². The summed E-state index contributed by atoms with van der Waals surface area (Å²) in [6, 6.07) is 12.8. The lowest BCUT2D eigenvalue weighted by atomic mass is 9.89. The van der Waals surface area contributed by atoms with Gasteiger partial charge in [0.25, 0.3) is 5.91 Å². The summed E-state index contributed by atoms with van der Waals surface area (Å²) >= 11 is 0. The van der Waals surface area contributed by atoms with Crippen molar-refractivity contribution in [3.05, 3.63) is 65.7 Å². The molecule has 0 saturated carbocycles. The Morgan fingerprint density at radius 2 is 1.59 bits per heavy atom. The highest BCUT2D eigenvalue weighted by molar-refractivity contribution is 5.94. The molecule has 0 bridgehead atoms. The monoisotopic (exact) mass is 370 g/mol. The average Bonchev–Trinajstić information content (AvgIpc) is 2.91. The van der Waals surface area contributed by atoms with E-state index < -0.39 is 0 Å². The molecule has 0 radical (unpaired) electrons. The minimum Gasteiger partial charge on any atom is -0.363 e. The first-order valence-electron chi connectivity index (χ1n) is 9.45. The van der Waals surface area contributed by atoms with Gasteiger partial charge in [0.1, 0.15) is 11.6 Å². The minimum atomic E-state index is -0.335. The van der Waals surface area contributed by atoms with Gasteiger partial charge in [-0.3, -0.25) is 4.79 Å². The SMILES string of the molecule is CC1(C)C[C@@H]2CN(C(=O)c3ccc(F)cc3)CC[C@@H]2N1c1ccc(F)cc1. The zero-order valence-corrected chi connectivity index (χ0v) is 15.7. The number of carbonyl (C=O) groups is 1. The topological polar surface area (TPSA) is 23.6 Å². The molecule has 0 spiro atoms. The molecule has 27 heavy (non-hydrogen) atoms. The Hall–Kier alpha value is -2.43. The van der Waals surface area contributed by atoms with E-state index in [4.69, 9.17) is 0 Å². The summed E-state index contributed by atoms with van der Waals surface area (Å²) in [6.45, 7) is 5.79. The molecule has 0 unspecified atom stereocenters. The van der Waals surface area contributed by atoms with E-state index in [1.54, 1.807) is 12.1 Å². The number of amides is 1. The lowest BCUT2D eigenvalue weighted by Crippen LogP contribution is -2.50. The van der Waals surface area contributed by atoms with Crippen LogP contribution in [-0.4, -0.2) is 35.5 Å². The molecular weight excluding hydrogens is 346 g/mol. The zero-order chi connectivity index (χ0) is 19.2. The number of rotatable bonds is 2. The third-order valence-electron chi connectivity index (χ3n) is 5.92. The van der Waals surface area contributed by atoms with Gasteiger partial charge in [0.15, 0.2) is 0 Å². The Bertz CT molecular complexity index is 832. The van der Waals surface area contributed by atoms with E-state index in [0.717, 1.165) is 18.5 Å². The van der Waals surface area contributed by atoms with Crippen LogP contribution in [0.4, 0.5) is 14.5 Å². The summed E-state index contributed by atoms with van der Waals surface area (Å²) in [7, 11) is 0. The molecule has 2 heterocycles. The highest BCUT2D eigenvalue weighted by Crippen LogP contribution is 2.44. The quantitative estimate of drug-likeness (QED) is 0.778. The van der Waals surface area contributed by atoms with Gasteiger partial charge in [0.2, 0.25) is 0 Å². The molecule has 2 saturated heterocycles. The van der Waals surface area contributed by atoms with Gasteiger partial charge in [-0.15, -0.1) is 0 Å². The number of fused-ring (bicyclic) bond motifs is 1. The molecule has 2 fully saturated rings. The second-order valence-corrected chi connectivity index (χ2v) is 8.24. The van der Waals surface area contributed by atoms with Crippen LogP contribution < -0.4 is 4.90 Å². The van der Waals surface area contributed by atoms with E-state index in [2.05, 4.69) is 18.7 Å². The largest absolute Gasteiger partial charge is 0.363 e. The summed E-state index contributed by atoms with van der Waals surface area (Å²) in [6.07, 6.45) is 1.85. The van der Waals surface area contributed by atoms with Crippen molar-refractivity contribution >= 4 is 11.6 Å². The minimum absolute atomic E-state index is 0.0357. The van der Waals surface area contributed by atoms with Gasteiger partial charge in [-0.2, -0.15) is 0 Å². The van der Waals surface area contributed by atoms with Gasteiger partial charge in [0, 0.05) is 35.9 Å². The van der Waals surface area contributed by atoms with Gasteiger partial charge in [-0.1, -0.05) is 0 Å². The molecule has 0 aliphatic carbocycles. The third kappa shape index (κ3) is 3.31. The lowest BCUT2D eigenvalue weighted by molar-refractivity contribution is 0.0667. The molecule has 2 aromatic rings. The van der Waals surface area contributed by atoms with Crippen LogP contribution in [0, 0.1) is 17.6 Å². The van der Waals surface area contributed by atoms with Crippen molar-refractivity contribution in [3.8, 4) is 0 Å². The molecular formula is C22H24F2N2O. The van der Waals surface area contributed by atoms with Crippen LogP contribution in [0.15, 0.2) is 48.5 Å². The summed E-state index contributed by atoms with van der Waals surface area (Å²) in [5.74, 6) is -0.237. The molecule has 0 aromatic heterocycles. The number of piperidine rings is 1. The fraction of sp³-hybridized carbons (Fsp3) is 0.409. The number of likely N-dealkylation sites (tertiary alicyclic amines) is 1. The summed E-state index contributed by atoms with van der Waals surface area (Å²) in [5.41, 5.74) is 1.51. The van der Waals surface area contributed by atoms with Crippen molar-refractivity contribution in [2.45, 2.75) is 38.3 Å². The van der Waals surface area contributed by atoms with Crippen LogP contribution in [0.25, 0.3) is 0 Å². The van der Waals surface area contributed by atoms with E-state index in [0.29, 0.717) is 30.6 Å². The predicted molar refractivity (Wildman–Crippen MR) is 102 cm³/mol. The van der Waals surface area contributed by atoms with Gasteiger partial charge in [-0.25, -0.2) is 8.78 Å². The van der Waals surface area contributed by atoms with Gasteiger partial charge >= 0.3 is 0 Å². The Balaban J connectivity index is 1.53. The van der Waals surface area contributed by atoms with Crippen molar-refractivity contribution in [2.75, 3.05) is 18.0 Å². The van der Waals surface area contributed by atoms with E-state index in [-0.39, 0.29) is 23.1 Å². The van der Waals surface area contributed by atoms with E-state index in [1.165, 1.54) is 24.3 Å². The molecule has 5 heteroatoms. The molecule has 4 rings (SSSR count). The number of hydrogen-bond donors (Lipinski definition) is 0. The first kappa shape index (κ1) is 18.0. The maximum Gasteiger partial charge on any atom is 0.253 e. The van der Waals surface area contributed by atoms with Gasteiger partial charge in [-0.05, 0) is 81.1 Å². The number of benzene rings is 2.